The van der Waals surface area contributed by atoms with Crippen molar-refractivity contribution in [2.75, 3.05) is 31.5 Å². The average molecular weight is 443 g/mol. The SMILES string of the molecule is O=C1N[C@@H](CC(=O)N2CCN(Cc3cccc4ccccc34)CC2)C(=O)Nc2ccccc21. The normalized spacial score (nSPS) is 18.9. The number of amides is 3. The van der Waals surface area contributed by atoms with E-state index in [9.17, 15) is 14.4 Å². The summed E-state index contributed by atoms with van der Waals surface area (Å²) in [5, 5.41) is 7.95. The van der Waals surface area contributed by atoms with Gasteiger partial charge in [0.1, 0.15) is 6.04 Å². The van der Waals surface area contributed by atoms with Crippen molar-refractivity contribution in [3.8, 4) is 0 Å². The standard InChI is InChI=1S/C26H26N4O3/c31-24(16-23-26(33)27-22-11-4-3-10-21(22)25(32)28-23)30-14-12-29(13-15-30)17-19-8-5-7-18-6-1-2-9-20(18)19/h1-11,23H,12-17H2,(H,27,33)(H,28,32)/t23-/m0/s1. The number of nitrogens with one attached hydrogen (secondary N) is 2. The number of fused-ring (bicyclic) bond motifs is 2. The summed E-state index contributed by atoms with van der Waals surface area (Å²) < 4.78 is 0. The first kappa shape index (κ1) is 21.2. The molecule has 0 aliphatic carbocycles. The molecular weight excluding hydrogens is 416 g/mol. The van der Waals surface area contributed by atoms with E-state index in [0.717, 1.165) is 19.6 Å². The Kier molecular flexibility index (Phi) is 5.79. The molecule has 7 nitrogen and oxygen atoms in total. The number of benzene rings is 3. The third-order valence-corrected chi connectivity index (χ3v) is 6.43. The third kappa shape index (κ3) is 4.45. The highest BCUT2D eigenvalue weighted by atomic mass is 16.2. The number of carbonyl (C=O) groups is 3. The Morgan fingerprint density at radius 1 is 0.879 bits per heavy atom. The van der Waals surface area contributed by atoms with E-state index in [0.29, 0.717) is 24.3 Å². The van der Waals surface area contributed by atoms with Crippen LogP contribution in [-0.2, 0) is 16.1 Å². The number of anilines is 1. The first-order valence-corrected chi connectivity index (χ1v) is 11.3. The zero-order valence-electron chi connectivity index (χ0n) is 18.3. The second-order valence-electron chi connectivity index (χ2n) is 8.56. The minimum Gasteiger partial charge on any atom is -0.340 e. The summed E-state index contributed by atoms with van der Waals surface area (Å²) in [6.07, 6.45) is -0.0467. The molecule has 168 valence electrons. The smallest absolute Gasteiger partial charge is 0.254 e. The van der Waals surface area contributed by atoms with Crippen LogP contribution in [0.3, 0.4) is 0 Å². The monoisotopic (exact) mass is 442 g/mol. The van der Waals surface area contributed by atoms with Crippen LogP contribution >= 0.6 is 0 Å². The molecule has 3 amide bonds. The molecule has 3 aromatic rings. The zero-order chi connectivity index (χ0) is 22.8. The molecule has 2 heterocycles. The molecule has 0 aromatic heterocycles. The third-order valence-electron chi connectivity index (χ3n) is 6.43. The summed E-state index contributed by atoms with van der Waals surface area (Å²) in [7, 11) is 0. The summed E-state index contributed by atoms with van der Waals surface area (Å²) in [5.74, 6) is -0.830. The Labute approximate surface area is 192 Å². The molecule has 0 radical (unpaired) electrons. The van der Waals surface area contributed by atoms with Gasteiger partial charge in [0.2, 0.25) is 11.8 Å². The van der Waals surface area contributed by atoms with Crippen molar-refractivity contribution >= 4 is 34.2 Å². The molecule has 3 aromatic carbocycles. The fourth-order valence-corrected chi connectivity index (χ4v) is 4.59. The Morgan fingerprint density at radius 2 is 1.61 bits per heavy atom. The van der Waals surface area contributed by atoms with E-state index >= 15 is 0 Å². The molecule has 2 N–H and O–H groups in total. The maximum absolute atomic E-state index is 12.9. The van der Waals surface area contributed by atoms with E-state index in [4.69, 9.17) is 0 Å². The lowest BCUT2D eigenvalue weighted by Crippen LogP contribution is -2.51. The summed E-state index contributed by atoms with van der Waals surface area (Å²) in [6.45, 7) is 3.58. The van der Waals surface area contributed by atoms with Crippen LogP contribution in [0.15, 0.2) is 66.7 Å². The number of carbonyl (C=O) groups excluding carboxylic acids is 3. The van der Waals surface area contributed by atoms with Crippen LogP contribution in [0, 0.1) is 0 Å². The number of rotatable bonds is 4. The summed E-state index contributed by atoms with van der Waals surface area (Å²) in [6, 6.07) is 20.7. The van der Waals surface area contributed by atoms with E-state index in [1.807, 2.05) is 6.07 Å². The van der Waals surface area contributed by atoms with Gasteiger partial charge >= 0.3 is 0 Å². The first-order chi connectivity index (χ1) is 16.1. The predicted molar refractivity (Wildman–Crippen MR) is 127 cm³/mol. The Balaban J connectivity index is 1.18. The fraction of sp³-hybridized carbons (Fsp3) is 0.269. The van der Waals surface area contributed by atoms with Crippen LogP contribution in [0.1, 0.15) is 22.3 Å². The van der Waals surface area contributed by atoms with Crippen molar-refractivity contribution in [1.82, 2.24) is 15.1 Å². The van der Waals surface area contributed by atoms with Crippen molar-refractivity contribution in [3.63, 3.8) is 0 Å². The van der Waals surface area contributed by atoms with Crippen molar-refractivity contribution in [3.05, 3.63) is 77.9 Å². The molecule has 1 atom stereocenters. The molecule has 2 aliphatic rings. The maximum Gasteiger partial charge on any atom is 0.254 e. The number of para-hydroxylation sites is 1. The van der Waals surface area contributed by atoms with Gasteiger partial charge in [0.05, 0.1) is 17.7 Å². The number of hydrogen-bond acceptors (Lipinski definition) is 4. The Morgan fingerprint density at radius 3 is 2.45 bits per heavy atom. The largest absolute Gasteiger partial charge is 0.340 e. The molecule has 0 spiro atoms. The van der Waals surface area contributed by atoms with Gasteiger partial charge in [-0.3, -0.25) is 19.3 Å². The summed E-state index contributed by atoms with van der Waals surface area (Å²) >= 11 is 0. The minimum atomic E-state index is -0.883. The van der Waals surface area contributed by atoms with Gasteiger partial charge in [0.25, 0.3) is 5.91 Å². The van der Waals surface area contributed by atoms with Crippen LogP contribution in [0.4, 0.5) is 5.69 Å². The van der Waals surface area contributed by atoms with Gasteiger partial charge in [0, 0.05) is 32.7 Å². The molecule has 1 saturated heterocycles. The van der Waals surface area contributed by atoms with Gasteiger partial charge in [-0.15, -0.1) is 0 Å². The zero-order valence-corrected chi connectivity index (χ0v) is 18.3. The minimum absolute atomic E-state index is 0.0467. The summed E-state index contributed by atoms with van der Waals surface area (Å²) in [5.41, 5.74) is 2.16. The second kappa shape index (κ2) is 9.03. The highest BCUT2D eigenvalue weighted by Gasteiger charge is 2.31. The lowest BCUT2D eigenvalue weighted by Gasteiger charge is -2.35. The first-order valence-electron chi connectivity index (χ1n) is 11.3. The highest BCUT2D eigenvalue weighted by molar-refractivity contribution is 6.10. The van der Waals surface area contributed by atoms with Crippen molar-refractivity contribution in [1.29, 1.82) is 0 Å². The van der Waals surface area contributed by atoms with Gasteiger partial charge in [-0.2, -0.15) is 0 Å². The molecule has 7 heteroatoms. The van der Waals surface area contributed by atoms with Crippen molar-refractivity contribution < 1.29 is 14.4 Å². The van der Waals surface area contributed by atoms with Crippen LogP contribution in [-0.4, -0.2) is 59.7 Å². The molecule has 2 aliphatic heterocycles. The average Bonchev–Trinajstić information content (AvgIpc) is 2.95. The van der Waals surface area contributed by atoms with Crippen LogP contribution < -0.4 is 10.6 Å². The molecule has 0 unspecified atom stereocenters. The number of hydrogen-bond donors (Lipinski definition) is 2. The fourth-order valence-electron chi connectivity index (χ4n) is 4.59. The van der Waals surface area contributed by atoms with Crippen LogP contribution in [0.5, 0.6) is 0 Å². The van der Waals surface area contributed by atoms with Gasteiger partial charge in [-0.1, -0.05) is 54.6 Å². The number of nitrogens with zero attached hydrogens (tertiary/aromatic N) is 2. The predicted octanol–water partition coefficient (Wildman–Crippen LogP) is 2.62. The van der Waals surface area contributed by atoms with E-state index in [1.165, 1.54) is 16.3 Å². The van der Waals surface area contributed by atoms with Crippen molar-refractivity contribution in [2.45, 2.75) is 19.0 Å². The molecule has 1 fully saturated rings. The second-order valence-corrected chi connectivity index (χ2v) is 8.56. The van der Waals surface area contributed by atoms with E-state index in [2.05, 4.69) is 51.9 Å². The van der Waals surface area contributed by atoms with Gasteiger partial charge < -0.3 is 15.5 Å². The van der Waals surface area contributed by atoms with Crippen LogP contribution in [0.2, 0.25) is 0 Å². The van der Waals surface area contributed by atoms with Crippen LogP contribution in [0.25, 0.3) is 10.8 Å². The maximum atomic E-state index is 12.9. The molecule has 5 rings (SSSR count). The topological polar surface area (TPSA) is 81.8 Å². The highest BCUT2D eigenvalue weighted by Crippen LogP contribution is 2.22. The lowest BCUT2D eigenvalue weighted by atomic mass is 10.0. The lowest BCUT2D eigenvalue weighted by molar-refractivity contribution is -0.135. The van der Waals surface area contributed by atoms with Gasteiger partial charge in [-0.25, -0.2) is 0 Å². The van der Waals surface area contributed by atoms with Gasteiger partial charge in [-0.05, 0) is 28.5 Å². The van der Waals surface area contributed by atoms with E-state index in [1.54, 1.807) is 29.2 Å². The van der Waals surface area contributed by atoms with E-state index < -0.39 is 6.04 Å². The molecule has 0 saturated carbocycles. The van der Waals surface area contributed by atoms with Crippen molar-refractivity contribution in [2.24, 2.45) is 0 Å². The quantitative estimate of drug-likeness (QED) is 0.651. The summed E-state index contributed by atoms with van der Waals surface area (Å²) in [4.78, 5) is 42.2. The Bertz CT molecular complexity index is 1210. The molecule has 0 bridgehead atoms. The molecular formula is C26H26N4O3. The Hall–Kier alpha value is -3.71. The number of piperazine rings is 1. The molecule has 33 heavy (non-hydrogen) atoms. The van der Waals surface area contributed by atoms with E-state index in [-0.39, 0.29) is 24.1 Å². The van der Waals surface area contributed by atoms with Gasteiger partial charge in [0.15, 0.2) is 0 Å².